The van der Waals surface area contributed by atoms with Gasteiger partial charge >= 0.3 is 6.03 Å². The first-order chi connectivity index (χ1) is 14.6. The molecule has 0 aromatic heterocycles. The Morgan fingerprint density at radius 2 is 1.77 bits per heavy atom. The maximum atomic E-state index is 12.9. The van der Waals surface area contributed by atoms with Gasteiger partial charge in [0.2, 0.25) is 12.3 Å². The molecule has 0 saturated carbocycles. The molecule has 0 unspecified atom stereocenters. The van der Waals surface area contributed by atoms with Crippen LogP contribution in [0.1, 0.15) is 25.3 Å². The van der Waals surface area contributed by atoms with Crippen LogP contribution in [0, 0.1) is 5.92 Å². The molecule has 4 amide bonds. The van der Waals surface area contributed by atoms with Gasteiger partial charge in [0.05, 0.1) is 12.3 Å². The molecule has 0 bridgehead atoms. The minimum absolute atomic E-state index is 0.253. The lowest BCUT2D eigenvalue weighted by molar-refractivity contribution is -0.557. The highest BCUT2D eigenvalue weighted by atomic mass is 16.6. The van der Waals surface area contributed by atoms with Crippen molar-refractivity contribution in [3.63, 3.8) is 0 Å². The molecule has 11 nitrogen and oxygen atoms in total. The maximum Gasteiger partial charge on any atom is 0.335 e. The van der Waals surface area contributed by atoms with Crippen molar-refractivity contribution < 1.29 is 44.5 Å². The molecule has 2 aliphatic rings. The van der Waals surface area contributed by atoms with Gasteiger partial charge in [-0.1, -0.05) is 26.0 Å². The van der Waals surface area contributed by atoms with Crippen molar-refractivity contribution in [2.75, 3.05) is 11.5 Å². The molecule has 168 valence electrons. The second-order valence-corrected chi connectivity index (χ2v) is 7.78. The van der Waals surface area contributed by atoms with Gasteiger partial charge in [-0.3, -0.25) is 14.9 Å². The van der Waals surface area contributed by atoms with E-state index in [2.05, 4.69) is 10.3 Å². The Kier molecular flexibility index (Phi) is 6.82. The summed E-state index contributed by atoms with van der Waals surface area (Å²) in [7, 11) is 0. The zero-order chi connectivity index (χ0) is 22.9. The van der Waals surface area contributed by atoms with E-state index in [9.17, 15) is 29.7 Å². The number of nitrogens with one attached hydrogen (secondary N) is 2. The molecular formula is C20H26N3O8+. The SMILES string of the molecule is CC(C)c1ccc(N2C(=O)NC(=O)[C@H](C=[NH+][C@H]3[C@H](O)[C@@H](O)[C@@H](CO)O[C@@H]3O)C2=O)cc1. The van der Waals surface area contributed by atoms with Crippen LogP contribution in [-0.2, 0) is 14.3 Å². The molecule has 31 heavy (non-hydrogen) atoms. The first-order valence-corrected chi connectivity index (χ1v) is 9.84. The van der Waals surface area contributed by atoms with Gasteiger partial charge in [0.15, 0.2) is 12.1 Å². The average molecular weight is 436 g/mol. The van der Waals surface area contributed by atoms with Gasteiger partial charge < -0.3 is 25.2 Å². The first-order valence-electron chi connectivity index (χ1n) is 9.84. The number of carbonyl (C=O) groups is 3. The third-order valence-corrected chi connectivity index (χ3v) is 5.38. The number of aliphatic hydroxyl groups is 4. The van der Waals surface area contributed by atoms with Crippen molar-refractivity contribution in [3.05, 3.63) is 29.8 Å². The number of hydrogen-bond donors (Lipinski definition) is 6. The highest BCUT2D eigenvalue weighted by Gasteiger charge is 2.48. The summed E-state index contributed by atoms with van der Waals surface area (Å²) in [6, 6.07) is 4.58. The van der Waals surface area contributed by atoms with Crippen LogP contribution in [0.2, 0.25) is 0 Å². The van der Waals surface area contributed by atoms with Crippen molar-refractivity contribution in [2.45, 2.75) is 50.4 Å². The van der Waals surface area contributed by atoms with Gasteiger partial charge in [-0.2, -0.15) is 0 Å². The fraction of sp³-hybridized carbons (Fsp3) is 0.500. The molecule has 0 radical (unpaired) electrons. The lowest BCUT2D eigenvalue weighted by atomic mass is 9.97. The van der Waals surface area contributed by atoms with Gasteiger partial charge in [-0.25, -0.2) is 14.7 Å². The molecule has 2 saturated heterocycles. The van der Waals surface area contributed by atoms with Crippen LogP contribution in [0.15, 0.2) is 24.3 Å². The quantitative estimate of drug-likeness (QED) is 0.209. The van der Waals surface area contributed by atoms with Crippen LogP contribution in [0.25, 0.3) is 0 Å². The van der Waals surface area contributed by atoms with E-state index in [1.54, 1.807) is 24.3 Å². The summed E-state index contributed by atoms with van der Waals surface area (Å²) >= 11 is 0. The summed E-state index contributed by atoms with van der Waals surface area (Å²) in [6.45, 7) is 3.38. The molecule has 6 atom stereocenters. The lowest BCUT2D eigenvalue weighted by Crippen LogP contribution is -2.88. The van der Waals surface area contributed by atoms with Crippen molar-refractivity contribution in [1.82, 2.24) is 5.32 Å². The number of aliphatic hydroxyl groups excluding tert-OH is 4. The summed E-state index contributed by atoms with van der Waals surface area (Å²) < 4.78 is 5.03. The predicted octanol–water partition coefficient (Wildman–Crippen LogP) is -3.04. The fourth-order valence-electron chi connectivity index (χ4n) is 3.47. The largest absolute Gasteiger partial charge is 0.394 e. The van der Waals surface area contributed by atoms with Crippen molar-refractivity contribution in [1.29, 1.82) is 0 Å². The molecule has 2 heterocycles. The van der Waals surface area contributed by atoms with E-state index in [4.69, 9.17) is 9.84 Å². The number of nitrogens with zero attached hydrogens (tertiary/aromatic N) is 1. The van der Waals surface area contributed by atoms with E-state index >= 15 is 0 Å². The summed E-state index contributed by atoms with van der Waals surface area (Å²) in [5.41, 5.74) is 1.29. The van der Waals surface area contributed by atoms with E-state index < -0.39 is 61.0 Å². The summed E-state index contributed by atoms with van der Waals surface area (Å²) in [5.74, 6) is -2.90. The minimum Gasteiger partial charge on any atom is -0.394 e. The zero-order valence-electron chi connectivity index (χ0n) is 17.0. The third kappa shape index (κ3) is 4.50. The normalized spacial score (nSPS) is 32.1. The summed E-state index contributed by atoms with van der Waals surface area (Å²) in [4.78, 5) is 40.8. The predicted molar refractivity (Wildman–Crippen MR) is 106 cm³/mol. The van der Waals surface area contributed by atoms with E-state index in [0.717, 1.165) is 16.7 Å². The topological polar surface area (TPSA) is 171 Å². The highest BCUT2D eigenvalue weighted by Crippen LogP contribution is 2.23. The summed E-state index contributed by atoms with van der Waals surface area (Å²) in [5, 5.41) is 41.4. The Morgan fingerprint density at radius 3 is 2.35 bits per heavy atom. The van der Waals surface area contributed by atoms with Crippen molar-refractivity contribution in [2.24, 2.45) is 5.92 Å². The Hall–Kier alpha value is -2.70. The van der Waals surface area contributed by atoms with Crippen LogP contribution >= 0.6 is 0 Å². The average Bonchev–Trinajstić information content (AvgIpc) is 2.72. The summed E-state index contributed by atoms with van der Waals surface area (Å²) in [6.07, 6.45) is -4.86. The molecule has 2 fully saturated rings. The third-order valence-electron chi connectivity index (χ3n) is 5.38. The first kappa shape index (κ1) is 23.0. The fourth-order valence-corrected chi connectivity index (χ4v) is 3.47. The molecule has 1 aromatic carbocycles. The van der Waals surface area contributed by atoms with Gasteiger partial charge in [0, 0.05) is 0 Å². The maximum absolute atomic E-state index is 12.9. The molecule has 3 rings (SSSR count). The molecule has 0 spiro atoms. The van der Waals surface area contributed by atoms with Crippen LogP contribution < -0.4 is 15.2 Å². The highest BCUT2D eigenvalue weighted by molar-refractivity contribution is 6.32. The molecule has 2 aliphatic heterocycles. The Balaban J connectivity index is 1.81. The number of benzene rings is 1. The second kappa shape index (κ2) is 9.20. The number of amides is 4. The lowest BCUT2D eigenvalue weighted by Gasteiger charge is -2.35. The van der Waals surface area contributed by atoms with Gasteiger partial charge in [-0.05, 0) is 23.6 Å². The molecular weight excluding hydrogens is 410 g/mol. The van der Waals surface area contributed by atoms with Crippen molar-refractivity contribution in [3.8, 4) is 0 Å². The number of rotatable bonds is 5. The van der Waals surface area contributed by atoms with E-state index in [1.165, 1.54) is 0 Å². The number of ether oxygens (including phenoxy) is 1. The van der Waals surface area contributed by atoms with Crippen LogP contribution in [0.3, 0.4) is 0 Å². The van der Waals surface area contributed by atoms with E-state index in [-0.39, 0.29) is 11.6 Å². The smallest absolute Gasteiger partial charge is 0.335 e. The number of imide groups is 2. The molecule has 6 N–H and O–H groups in total. The molecule has 1 aromatic rings. The monoisotopic (exact) mass is 436 g/mol. The molecule has 11 heteroatoms. The second-order valence-electron chi connectivity index (χ2n) is 7.78. The van der Waals surface area contributed by atoms with Crippen LogP contribution in [-0.4, -0.2) is 81.7 Å². The standard InChI is InChI=1S/C20H25N3O8/c1-9(2)10-3-5-11(6-4-10)23-18(28)12(17(27)22-20(23)30)7-21-14-16(26)15(25)13(8-24)31-19(14)29/h3-7,9,12-16,19,24-26,29H,8H2,1-2H3,(H,22,27,30)/p+1/t12-,13+,14-,15-,16-,19-/m0/s1. The number of carbonyl (C=O) groups excluding carboxylic acids is 3. The van der Waals surface area contributed by atoms with Crippen LogP contribution in [0.4, 0.5) is 10.5 Å². The Morgan fingerprint density at radius 1 is 1.13 bits per heavy atom. The van der Waals surface area contributed by atoms with E-state index in [1.807, 2.05) is 13.8 Å². The number of hydrogen-bond acceptors (Lipinski definition) is 8. The van der Waals surface area contributed by atoms with Crippen LogP contribution in [0.5, 0.6) is 0 Å². The van der Waals surface area contributed by atoms with Gasteiger partial charge in [0.25, 0.3) is 11.8 Å². The Bertz CT molecular complexity index is 872. The molecule has 0 aliphatic carbocycles. The number of anilines is 1. The van der Waals surface area contributed by atoms with Gasteiger partial charge in [0.1, 0.15) is 18.3 Å². The number of barbiturate groups is 1. The zero-order valence-corrected chi connectivity index (χ0v) is 17.0. The minimum atomic E-state index is -1.63. The van der Waals surface area contributed by atoms with E-state index in [0.29, 0.717) is 0 Å². The Labute approximate surface area is 178 Å². The van der Waals surface area contributed by atoms with Gasteiger partial charge in [-0.15, -0.1) is 0 Å². The number of urea groups is 1. The van der Waals surface area contributed by atoms with Crippen molar-refractivity contribution >= 4 is 29.7 Å².